The molecule has 0 fully saturated rings. The first-order chi connectivity index (χ1) is 10.5. The van der Waals surface area contributed by atoms with E-state index in [2.05, 4.69) is 45.9 Å². The van der Waals surface area contributed by atoms with Crippen molar-refractivity contribution in [2.75, 3.05) is 13.6 Å². The molecule has 128 valence electrons. The number of guanidine groups is 1. The summed E-state index contributed by atoms with van der Waals surface area (Å²) in [5, 5.41) is 6.47. The maximum Gasteiger partial charge on any atom is 0.213 e. The molecule has 2 aromatic rings. The van der Waals surface area contributed by atoms with Crippen LogP contribution in [-0.2, 0) is 18.5 Å². The lowest BCUT2D eigenvalue weighted by Gasteiger charge is -2.13. The Kier molecular flexibility index (Phi) is 7.60. The van der Waals surface area contributed by atoms with Crippen LogP contribution in [0.4, 0.5) is 0 Å². The second kappa shape index (κ2) is 8.95. The van der Waals surface area contributed by atoms with Gasteiger partial charge in [-0.3, -0.25) is 4.99 Å². The van der Waals surface area contributed by atoms with Crippen LogP contribution in [0.5, 0.6) is 0 Å². The zero-order chi connectivity index (χ0) is 16.0. The molecule has 2 aromatic heterocycles. The fourth-order valence-corrected chi connectivity index (χ4v) is 1.94. The van der Waals surface area contributed by atoms with Crippen molar-refractivity contribution >= 4 is 29.9 Å². The fraction of sp³-hybridized carbons (Fsp3) is 0.500. The average molecular weight is 431 g/mol. The minimum atomic E-state index is -0.0259. The Morgan fingerprint density at radius 3 is 2.52 bits per heavy atom. The van der Waals surface area contributed by atoms with Gasteiger partial charge in [-0.1, -0.05) is 20.8 Å². The van der Waals surface area contributed by atoms with E-state index in [1.165, 1.54) is 0 Å². The molecule has 6 nitrogen and oxygen atoms in total. The smallest absolute Gasteiger partial charge is 0.213 e. The highest BCUT2D eigenvalue weighted by molar-refractivity contribution is 14.0. The standard InChI is InChI=1S/C16H25N5O.HI/c1-16(2,3)13-11-19-14(22-13)12-20-15(17-4)18-7-10-21-8-5-6-9-21;/h5-6,8-9,11H,7,10,12H2,1-4H3,(H2,17,18,20);1H. The molecule has 0 saturated heterocycles. The van der Waals surface area contributed by atoms with E-state index in [0.29, 0.717) is 12.4 Å². The first-order valence-corrected chi connectivity index (χ1v) is 7.49. The molecule has 0 bridgehead atoms. The van der Waals surface area contributed by atoms with Crippen molar-refractivity contribution in [1.29, 1.82) is 0 Å². The Hall–Kier alpha value is -1.51. The van der Waals surface area contributed by atoms with Crippen molar-refractivity contribution in [3.63, 3.8) is 0 Å². The monoisotopic (exact) mass is 431 g/mol. The predicted molar refractivity (Wildman–Crippen MR) is 103 cm³/mol. The average Bonchev–Trinajstić information content (AvgIpc) is 3.13. The van der Waals surface area contributed by atoms with Crippen LogP contribution in [0.3, 0.4) is 0 Å². The molecule has 0 spiro atoms. The van der Waals surface area contributed by atoms with Gasteiger partial charge in [0.15, 0.2) is 5.96 Å². The number of hydrogen-bond donors (Lipinski definition) is 2. The van der Waals surface area contributed by atoms with E-state index >= 15 is 0 Å². The van der Waals surface area contributed by atoms with Crippen LogP contribution in [0, 0.1) is 0 Å². The number of aliphatic imine (C=N–C) groups is 1. The molecule has 0 saturated carbocycles. The van der Waals surface area contributed by atoms with Crippen molar-refractivity contribution in [2.24, 2.45) is 4.99 Å². The quantitative estimate of drug-likeness (QED) is 0.434. The van der Waals surface area contributed by atoms with Crippen LogP contribution in [-0.4, -0.2) is 29.1 Å². The lowest BCUT2D eigenvalue weighted by Crippen LogP contribution is -2.38. The molecular weight excluding hydrogens is 405 g/mol. The summed E-state index contributed by atoms with van der Waals surface area (Å²) in [6.45, 7) is 8.51. The van der Waals surface area contributed by atoms with Gasteiger partial charge in [0.05, 0.1) is 12.7 Å². The van der Waals surface area contributed by atoms with Gasteiger partial charge in [-0.2, -0.15) is 0 Å². The molecule has 0 aromatic carbocycles. The van der Waals surface area contributed by atoms with Gasteiger partial charge in [0.2, 0.25) is 5.89 Å². The Morgan fingerprint density at radius 2 is 1.96 bits per heavy atom. The highest BCUT2D eigenvalue weighted by atomic mass is 127. The normalized spacial score (nSPS) is 11.9. The summed E-state index contributed by atoms with van der Waals surface area (Å²) in [6.07, 6.45) is 5.87. The number of nitrogens with one attached hydrogen (secondary N) is 2. The van der Waals surface area contributed by atoms with Gasteiger partial charge >= 0.3 is 0 Å². The largest absolute Gasteiger partial charge is 0.443 e. The SMILES string of the molecule is CN=C(NCCn1cccc1)NCc1ncc(C(C)(C)C)o1.I. The Labute approximate surface area is 154 Å². The Balaban J connectivity index is 0.00000264. The molecule has 0 aliphatic carbocycles. The third-order valence-electron chi connectivity index (χ3n) is 3.25. The van der Waals surface area contributed by atoms with Crippen molar-refractivity contribution in [2.45, 2.75) is 39.3 Å². The molecule has 0 aliphatic rings. The first kappa shape index (κ1) is 19.5. The van der Waals surface area contributed by atoms with E-state index < -0.39 is 0 Å². The highest BCUT2D eigenvalue weighted by Gasteiger charge is 2.19. The van der Waals surface area contributed by atoms with Crippen molar-refractivity contribution in [1.82, 2.24) is 20.2 Å². The van der Waals surface area contributed by atoms with Gasteiger partial charge < -0.3 is 19.6 Å². The number of nitrogens with zero attached hydrogens (tertiary/aromatic N) is 3. The highest BCUT2D eigenvalue weighted by Crippen LogP contribution is 2.22. The van der Waals surface area contributed by atoms with Crippen LogP contribution >= 0.6 is 24.0 Å². The number of halogens is 1. The molecule has 2 rings (SSSR count). The molecule has 0 atom stereocenters. The molecule has 7 heteroatoms. The topological polar surface area (TPSA) is 67.4 Å². The maximum absolute atomic E-state index is 5.75. The summed E-state index contributed by atoms with van der Waals surface area (Å²) >= 11 is 0. The van der Waals surface area contributed by atoms with Crippen molar-refractivity contribution < 1.29 is 4.42 Å². The third kappa shape index (κ3) is 6.25. The van der Waals surface area contributed by atoms with Crippen LogP contribution < -0.4 is 10.6 Å². The third-order valence-corrected chi connectivity index (χ3v) is 3.25. The molecule has 0 aliphatic heterocycles. The molecular formula is C16H26IN5O. The van der Waals surface area contributed by atoms with Gasteiger partial charge in [0.1, 0.15) is 5.76 Å². The lowest BCUT2D eigenvalue weighted by atomic mass is 9.94. The van der Waals surface area contributed by atoms with E-state index in [1.807, 2.05) is 24.5 Å². The number of hydrogen-bond acceptors (Lipinski definition) is 3. The minimum absolute atomic E-state index is 0. The molecule has 0 amide bonds. The van der Waals surface area contributed by atoms with Gasteiger partial charge in [-0.25, -0.2) is 4.98 Å². The summed E-state index contributed by atoms with van der Waals surface area (Å²) in [4.78, 5) is 8.49. The van der Waals surface area contributed by atoms with Crippen LogP contribution in [0.1, 0.15) is 32.4 Å². The van der Waals surface area contributed by atoms with E-state index in [4.69, 9.17) is 4.42 Å². The van der Waals surface area contributed by atoms with E-state index in [-0.39, 0.29) is 29.4 Å². The molecule has 0 radical (unpaired) electrons. The van der Waals surface area contributed by atoms with Gasteiger partial charge in [-0.05, 0) is 12.1 Å². The van der Waals surface area contributed by atoms with Gasteiger partial charge in [0.25, 0.3) is 0 Å². The zero-order valence-corrected chi connectivity index (χ0v) is 16.5. The summed E-state index contributed by atoms with van der Waals surface area (Å²) < 4.78 is 7.86. The van der Waals surface area contributed by atoms with Crippen LogP contribution in [0.2, 0.25) is 0 Å². The minimum Gasteiger partial charge on any atom is -0.443 e. The van der Waals surface area contributed by atoms with E-state index in [0.717, 1.165) is 24.8 Å². The number of oxazole rings is 1. The lowest BCUT2D eigenvalue weighted by molar-refractivity contribution is 0.379. The molecule has 2 heterocycles. The van der Waals surface area contributed by atoms with E-state index in [1.54, 1.807) is 13.2 Å². The second-order valence-electron chi connectivity index (χ2n) is 6.14. The van der Waals surface area contributed by atoms with Gasteiger partial charge in [0, 0.05) is 37.9 Å². The summed E-state index contributed by atoms with van der Waals surface area (Å²) in [6, 6.07) is 4.03. The number of aromatic nitrogens is 2. The Morgan fingerprint density at radius 1 is 1.26 bits per heavy atom. The van der Waals surface area contributed by atoms with Crippen molar-refractivity contribution in [3.8, 4) is 0 Å². The van der Waals surface area contributed by atoms with Crippen LogP contribution in [0.25, 0.3) is 0 Å². The summed E-state index contributed by atoms with van der Waals surface area (Å²) in [7, 11) is 1.75. The maximum atomic E-state index is 5.75. The van der Waals surface area contributed by atoms with E-state index in [9.17, 15) is 0 Å². The zero-order valence-electron chi connectivity index (χ0n) is 14.2. The molecule has 2 N–H and O–H groups in total. The van der Waals surface area contributed by atoms with Crippen LogP contribution in [0.15, 0.2) is 40.1 Å². The second-order valence-corrected chi connectivity index (χ2v) is 6.14. The molecule has 23 heavy (non-hydrogen) atoms. The number of rotatable bonds is 5. The fourth-order valence-electron chi connectivity index (χ4n) is 1.94. The Bertz CT molecular complexity index is 598. The predicted octanol–water partition coefficient (Wildman–Crippen LogP) is 2.76. The van der Waals surface area contributed by atoms with Gasteiger partial charge in [-0.15, -0.1) is 24.0 Å². The van der Waals surface area contributed by atoms with Crippen molar-refractivity contribution in [3.05, 3.63) is 42.4 Å². The summed E-state index contributed by atoms with van der Waals surface area (Å²) in [5.74, 6) is 2.29. The molecule has 0 unspecified atom stereocenters. The summed E-state index contributed by atoms with van der Waals surface area (Å²) in [5.41, 5.74) is -0.0259. The first-order valence-electron chi connectivity index (χ1n) is 7.49.